The summed E-state index contributed by atoms with van der Waals surface area (Å²) >= 11 is 0. The molecule has 2 fully saturated rings. The first-order chi connectivity index (χ1) is 11.7. The smallest absolute Gasteiger partial charge is 0.245 e. The Morgan fingerprint density at radius 3 is 2.62 bits per heavy atom. The molecule has 1 atom stereocenters. The Morgan fingerprint density at radius 1 is 1.12 bits per heavy atom. The van der Waals surface area contributed by atoms with Crippen molar-refractivity contribution in [1.29, 1.82) is 0 Å². The fourth-order valence-electron chi connectivity index (χ4n) is 3.27. The van der Waals surface area contributed by atoms with Gasteiger partial charge in [0.25, 0.3) is 0 Å². The summed E-state index contributed by atoms with van der Waals surface area (Å²) in [5, 5.41) is 12.8. The average Bonchev–Trinajstić information content (AvgIpc) is 3.22. The standard InChI is InChI=1S/C16H25N7O/c1-4-13-18-19-14(22(13)3)10-23-8-7-21(2)12(9-23)16-17-15(20-24-16)11-5-6-11/h11-12H,4-10H2,1-3H3. The number of hydrogen-bond acceptors (Lipinski definition) is 7. The van der Waals surface area contributed by atoms with Gasteiger partial charge in [0.1, 0.15) is 17.7 Å². The van der Waals surface area contributed by atoms with Gasteiger partial charge < -0.3 is 9.09 Å². The Balaban J connectivity index is 1.46. The molecule has 2 aromatic rings. The van der Waals surface area contributed by atoms with Gasteiger partial charge in [-0.05, 0) is 19.9 Å². The third kappa shape index (κ3) is 2.95. The van der Waals surface area contributed by atoms with Crippen molar-refractivity contribution in [3.63, 3.8) is 0 Å². The Kier molecular flexibility index (Phi) is 4.09. The molecule has 1 aliphatic heterocycles. The largest absolute Gasteiger partial charge is 0.338 e. The van der Waals surface area contributed by atoms with Crippen molar-refractivity contribution in [3.05, 3.63) is 23.4 Å². The molecular weight excluding hydrogens is 306 g/mol. The van der Waals surface area contributed by atoms with E-state index in [4.69, 9.17) is 4.52 Å². The molecule has 4 rings (SSSR count). The predicted molar refractivity (Wildman–Crippen MR) is 87.3 cm³/mol. The van der Waals surface area contributed by atoms with Crippen LogP contribution in [0.25, 0.3) is 0 Å². The molecule has 1 saturated carbocycles. The van der Waals surface area contributed by atoms with Crippen molar-refractivity contribution in [3.8, 4) is 0 Å². The zero-order chi connectivity index (χ0) is 16.7. The summed E-state index contributed by atoms with van der Waals surface area (Å²) < 4.78 is 7.66. The predicted octanol–water partition coefficient (Wildman–Crippen LogP) is 1.13. The molecule has 0 N–H and O–H groups in total. The molecule has 8 nitrogen and oxygen atoms in total. The van der Waals surface area contributed by atoms with Crippen LogP contribution in [-0.2, 0) is 20.0 Å². The Morgan fingerprint density at radius 2 is 1.92 bits per heavy atom. The second kappa shape index (κ2) is 6.25. The van der Waals surface area contributed by atoms with Crippen LogP contribution in [0.4, 0.5) is 0 Å². The average molecular weight is 331 g/mol. The van der Waals surface area contributed by atoms with E-state index in [0.717, 1.165) is 56.0 Å². The van der Waals surface area contributed by atoms with E-state index in [0.29, 0.717) is 5.92 Å². The normalized spacial score (nSPS) is 23.0. The minimum atomic E-state index is 0.151. The first-order valence-electron chi connectivity index (χ1n) is 8.79. The van der Waals surface area contributed by atoms with Crippen molar-refractivity contribution in [2.24, 2.45) is 7.05 Å². The minimum Gasteiger partial charge on any atom is -0.338 e. The number of piperazine rings is 1. The maximum absolute atomic E-state index is 5.56. The molecule has 0 aromatic carbocycles. The van der Waals surface area contributed by atoms with Crippen LogP contribution in [0.5, 0.6) is 0 Å². The third-order valence-corrected chi connectivity index (χ3v) is 5.15. The zero-order valence-corrected chi connectivity index (χ0v) is 14.6. The van der Waals surface area contributed by atoms with E-state index in [1.165, 1.54) is 12.8 Å². The fraction of sp³-hybridized carbons (Fsp3) is 0.750. The van der Waals surface area contributed by atoms with E-state index in [-0.39, 0.29) is 6.04 Å². The van der Waals surface area contributed by atoms with E-state index < -0.39 is 0 Å². The molecule has 1 unspecified atom stereocenters. The van der Waals surface area contributed by atoms with Crippen LogP contribution in [0.15, 0.2) is 4.52 Å². The summed E-state index contributed by atoms with van der Waals surface area (Å²) in [5.74, 6) is 4.20. The summed E-state index contributed by atoms with van der Waals surface area (Å²) in [6.07, 6.45) is 3.29. The van der Waals surface area contributed by atoms with Gasteiger partial charge in [-0.2, -0.15) is 4.98 Å². The van der Waals surface area contributed by atoms with Crippen LogP contribution in [0.1, 0.15) is 55.1 Å². The molecule has 2 aliphatic rings. The molecule has 130 valence electrons. The summed E-state index contributed by atoms with van der Waals surface area (Å²) in [7, 11) is 4.17. The quantitative estimate of drug-likeness (QED) is 0.813. The van der Waals surface area contributed by atoms with Gasteiger partial charge in [-0.15, -0.1) is 10.2 Å². The van der Waals surface area contributed by atoms with Crippen LogP contribution in [0.3, 0.4) is 0 Å². The summed E-state index contributed by atoms with van der Waals surface area (Å²) in [5.41, 5.74) is 0. The second-order valence-corrected chi connectivity index (χ2v) is 6.94. The highest BCUT2D eigenvalue weighted by Gasteiger charge is 2.34. The first kappa shape index (κ1) is 15.7. The maximum Gasteiger partial charge on any atom is 0.245 e. The van der Waals surface area contributed by atoms with Gasteiger partial charge in [-0.1, -0.05) is 12.1 Å². The number of aryl methyl sites for hydroxylation is 1. The van der Waals surface area contributed by atoms with Crippen LogP contribution in [0, 0.1) is 0 Å². The molecule has 8 heteroatoms. The highest BCUT2D eigenvalue weighted by Crippen LogP contribution is 2.38. The number of nitrogens with zero attached hydrogens (tertiary/aromatic N) is 7. The summed E-state index contributed by atoms with van der Waals surface area (Å²) in [6, 6.07) is 0.151. The van der Waals surface area contributed by atoms with Crippen molar-refractivity contribution in [2.45, 2.75) is 44.7 Å². The molecule has 0 bridgehead atoms. The monoisotopic (exact) mass is 331 g/mol. The van der Waals surface area contributed by atoms with Crippen molar-refractivity contribution in [2.75, 3.05) is 26.7 Å². The van der Waals surface area contributed by atoms with Crippen molar-refractivity contribution in [1.82, 2.24) is 34.7 Å². The zero-order valence-electron chi connectivity index (χ0n) is 14.6. The lowest BCUT2D eigenvalue weighted by Gasteiger charge is -2.37. The van der Waals surface area contributed by atoms with Gasteiger partial charge in [0.05, 0.1) is 6.54 Å². The Hall–Kier alpha value is -1.80. The molecule has 1 saturated heterocycles. The molecule has 24 heavy (non-hydrogen) atoms. The summed E-state index contributed by atoms with van der Waals surface area (Å²) in [4.78, 5) is 9.34. The van der Waals surface area contributed by atoms with Crippen LogP contribution in [-0.4, -0.2) is 61.4 Å². The highest BCUT2D eigenvalue weighted by molar-refractivity contribution is 5.06. The first-order valence-corrected chi connectivity index (χ1v) is 8.79. The number of hydrogen-bond donors (Lipinski definition) is 0. The Bertz CT molecular complexity index is 705. The molecule has 1 aliphatic carbocycles. The van der Waals surface area contributed by atoms with E-state index in [2.05, 4.69) is 48.7 Å². The third-order valence-electron chi connectivity index (χ3n) is 5.15. The number of likely N-dealkylation sites (N-methyl/N-ethyl adjacent to an activating group) is 1. The molecule has 2 aromatic heterocycles. The van der Waals surface area contributed by atoms with Crippen LogP contribution < -0.4 is 0 Å². The van der Waals surface area contributed by atoms with Gasteiger partial charge in [-0.25, -0.2) is 0 Å². The molecule has 0 spiro atoms. The summed E-state index contributed by atoms with van der Waals surface area (Å²) in [6.45, 7) is 5.76. The number of aromatic nitrogens is 5. The topological polar surface area (TPSA) is 76.1 Å². The van der Waals surface area contributed by atoms with Crippen molar-refractivity contribution >= 4 is 0 Å². The van der Waals surface area contributed by atoms with Crippen LogP contribution >= 0.6 is 0 Å². The lowest BCUT2D eigenvalue weighted by Crippen LogP contribution is -2.46. The van der Waals surface area contributed by atoms with Crippen LogP contribution in [0.2, 0.25) is 0 Å². The lowest BCUT2D eigenvalue weighted by molar-refractivity contribution is 0.0693. The van der Waals surface area contributed by atoms with E-state index in [1.807, 2.05) is 7.05 Å². The van der Waals surface area contributed by atoms with Gasteiger partial charge in [-0.3, -0.25) is 9.80 Å². The number of rotatable bonds is 5. The Labute approximate surface area is 141 Å². The fourth-order valence-corrected chi connectivity index (χ4v) is 3.27. The van der Waals surface area contributed by atoms with Gasteiger partial charge in [0.2, 0.25) is 5.89 Å². The van der Waals surface area contributed by atoms with Gasteiger partial charge >= 0.3 is 0 Å². The maximum atomic E-state index is 5.56. The van der Waals surface area contributed by atoms with Crippen molar-refractivity contribution < 1.29 is 4.52 Å². The molecule has 0 radical (unpaired) electrons. The molecular formula is C16H25N7O. The van der Waals surface area contributed by atoms with E-state index in [1.54, 1.807) is 0 Å². The van der Waals surface area contributed by atoms with Gasteiger partial charge in [0, 0.05) is 39.0 Å². The SMILES string of the molecule is CCc1nnc(CN2CCN(C)C(c3nc(C4CC4)no3)C2)n1C. The lowest BCUT2D eigenvalue weighted by atomic mass is 10.1. The van der Waals surface area contributed by atoms with Gasteiger partial charge in [0.15, 0.2) is 5.82 Å². The molecule has 3 heterocycles. The minimum absolute atomic E-state index is 0.151. The van der Waals surface area contributed by atoms with E-state index in [9.17, 15) is 0 Å². The van der Waals surface area contributed by atoms with E-state index >= 15 is 0 Å². The second-order valence-electron chi connectivity index (χ2n) is 6.94. The molecule has 0 amide bonds. The highest BCUT2D eigenvalue weighted by atomic mass is 16.5.